The molecule has 3 rings (SSSR count). The molecule has 23 heavy (non-hydrogen) atoms. The van der Waals surface area contributed by atoms with Crippen molar-refractivity contribution in [1.29, 1.82) is 0 Å². The van der Waals surface area contributed by atoms with Gasteiger partial charge in [0.1, 0.15) is 11.4 Å². The summed E-state index contributed by atoms with van der Waals surface area (Å²) in [6.45, 7) is 2.70. The number of hydrogen-bond acceptors (Lipinski definition) is 8. The summed E-state index contributed by atoms with van der Waals surface area (Å²) in [5.74, 6) is -0.664. The number of thioether (sulfide) groups is 2. The molecule has 0 bridgehead atoms. The largest absolute Gasteiger partial charge is 0.465 e. The molecular weight excluding hydrogens is 336 g/mol. The number of hydrazone groups is 1. The molecule has 130 valence electrons. The Morgan fingerprint density at radius 2 is 2.26 bits per heavy atom. The second kappa shape index (κ2) is 7.63. The van der Waals surface area contributed by atoms with Gasteiger partial charge in [-0.2, -0.15) is 5.10 Å². The van der Waals surface area contributed by atoms with Crippen LogP contribution in [0.1, 0.15) is 39.0 Å². The number of ether oxygens (including phenoxy) is 3. The molecule has 3 aliphatic rings. The van der Waals surface area contributed by atoms with Gasteiger partial charge in [-0.05, 0) is 26.0 Å². The van der Waals surface area contributed by atoms with Gasteiger partial charge in [0.25, 0.3) is 0 Å². The van der Waals surface area contributed by atoms with Crippen LogP contribution in [0.25, 0.3) is 0 Å². The minimum atomic E-state index is -0.446. The van der Waals surface area contributed by atoms with Gasteiger partial charge in [-0.3, -0.25) is 4.79 Å². The zero-order valence-electron chi connectivity index (χ0n) is 13.6. The quantitative estimate of drug-likeness (QED) is 0.775. The van der Waals surface area contributed by atoms with Crippen LogP contribution < -0.4 is 5.43 Å². The first kappa shape index (κ1) is 17.4. The van der Waals surface area contributed by atoms with E-state index in [1.54, 1.807) is 0 Å². The second-order valence-electron chi connectivity index (χ2n) is 5.97. The third-order valence-corrected chi connectivity index (χ3v) is 6.71. The van der Waals surface area contributed by atoms with E-state index in [4.69, 9.17) is 14.2 Å². The van der Waals surface area contributed by atoms with Crippen molar-refractivity contribution in [2.24, 2.45) is 5.10 Å². The summed E-state index contributed by atoms with van der Waals surface area (Å²) in [5, 5.41) is 3.99. The van der Waals surface area contributed by atoms with Crippen LogP contribution in [-0.2, 0) is 19.0 Å². The molecule has 1 saturated heterocycles. The average molecular weight is 361 g/mol. The Morgan fingerprint density at radius 1 is 1.48 bits per heavy atom. The van der Waals surface area contributed by atoms with E-state index in [-0.39, 0.29) is 23.4 Å². The van der Waals surface area contributed by atoms with Crippen molar-refractivity contribution in [3.63, 3.8) is 0 Å². The molecule has 1 aliphatic carbocycles. The van der Waals surface area contributed by atoms with Gasteiger partial charge in [-0.25, -0.2) is 0 Å². The van der Waals surface area contributed by atoms with Crippen molar-refractivity contribution in [1.82, 2.24) is 5.43 Å². The Labute approximate surface area is 145 Å². The van der Waals surface area contributed by atoms with E-state index in [0.29, 0.717) is 13.2 Å². The molecule has 2 unspecified atom stereocenters. The van der Waals surface area contributed by atoms with E-state index < -0.39 is 5.79 Å². The van der Waals surface area contributed by atoms with Gasteiger partial charge in [-0.1, -0.05) is 18.2 Å². The number of hydrogen-bond donors (Lipinski definition) is 1. The summed E-state index contributed by atoms with van der Waals surface area (Å²) in [6, 6.07) is -0.226. The van der Waals surface area contributed by atoms with Crippen LogP contribution in [-0.4, -0.2) is 53.0 Å². The highest BCUT2D eigenvalue weighted by molar-refractivity contribution is 8.39. The highest BCUT2D eigenvalue weighted by Crippen LogP contribution is 2.40. The fourth-order valence-electron chi connectivity index (χ4n) is 3.30. The second-order valence-corrected chi connectivity index (χ2v) is 8.15. The summed E-state index contributed by atoms with van der Waals surface area (Å²) < 4.78 is 18.4. The first-order valence-corrected chi connectivity index (χ1v) is 10.3. The molecule has 0 aromatic rings. The van der Waals surface area contributed by atoms with E-state index >= 15 is 0 Å². The Balaban J connectivity index is 1.71. The summed E-state index contributed by atoms with van der Waals surface area (Å²) in [4.78, 5) is 12.4. The van der Waals surface area contributed by atoms with Crippen LogP contribution in [0, 0.1) is 0 Å². The van der Waals surface area contributed by atoms with E-state index in [9.17, 15) is 4.79 Å². The highest BCUT2D eigenvalue weighted by atomic mass is 32.2. The van der Waals surface area contributed by atoms with Crippen LogP contribution in [0.2, 0.25) is 0 Å². The lowest BCUT2D eigenvalue weighted by atomic mass is 9.94. The smallest absolute Gasteiger partial charge is 0.321 e. The van der Waals surface area contributed by atoms with Crippen LogP contribution in [0.3, 0.4) is 0 Å². The Bertz CT molecular complexity index is 468. The highest BCUT2D eigenvalue weighted by Gasteiger charge is 2.49. The van der Waals surface area contributed by atoms with Crippen molar-refractivity contribution in [2.45, 2.75) is 62.2 Å². The molecular formula is C15H24N2O4S2. The summed E-state index contributed by atoms with van der Waals surface area (Å²) in [5.41, 5.74) is 3.11. The van der Waals surface area contributed by atoms with Crippen molar-refractivity contribution < 1.29 is 19.0 Å². The minimum absolute atomic E-state index is 0.179. The van der Waals surface area contributed by atoms with Gasteiger partial charge >= 0.3 is 5.97 Å². The normalized spacial score (nSPS) is 33.1. The molecule has 2 heterocycles. The molecule has 1 saturated carbocycles. The molecule has 1 N–H and O–H groups in total. The predicted octanol–water partition coefficient (Wildman–Crippen LogP) is 2.33. The van der Waals surface area contributed by atoms with Crippen LogP contribution in [0.15, 0.2) is 5.10 Å². The average Bonchev–Trinajstić information content (AvgIpc) is 2.98. The Morgan fingerprint density at radius 3 is 2.96 bits per heavy atom. The molecule has 0 amide bonds. The fourth-order valence-corrected chi connectivity index (χ4v) is 5.01. The SMILES string of the molecule is CCOC(=O)C1SC(SC)=NNC1[C@H]1COC2(CCCCC2)O1. The third-order valence-electron chi connectivity index (χ3n) is 4.45. The molecule has 0 radical (unpaired) electrons. The van der Waals surface area contributed by atoms with Crippen molar-refractivity contribution in [3.8, 4) is 0 Å². The van der Waals surface area contributed by atoms with Gasteiger partial charge < -0.3 is 19.6 Å². The van der Waals surface area contributed by atoms with Crippen molar-refractivity contribution in [3.05, 3.63) is 0 Å². The van der Waals surface area contributed by atoms with Crippen LogP contribution >= 0.6 is 23.5 Å². The topological polar surface area (TPSA) is 69.2 Å². The number of rotatable bonds is 3. The number of carbonyl (C=O) groups excluding carboxylic acids is 1. The molecule has 0 aromatic heterocycles. The zero-order valence-corrected chi connectivity index (χ0v) is 15.2. The van der Waals surface area contributed by atoms with E-state index in [2.05, 4.69) is 10.5 Å². The molecule has 2 aliphatic heterocycles. The van der Waals surface area contributed by atoms with E-state index in [1.807, 2.05) is 13.2 Å². The zero-order chi connectivity index (χ0) is 16.3. The standard InChI is InChI=1S/C15H24N2O4S2/c1-3-19-13(18)12-11(16-17-14(22-2)23-12)10-9-20-15(21-10)7-5-4-6-8-15/h10-12,16H,3-9H2,1-2H3/t10-,11?,12?/m1/s1. The lowest BCUT2D eigenvalue weighted by Crippen LogP contribution is -2.53. The van der Waals surface area contributed by atoms with Gasteiger partial charge in [0.05, 0.1) is 19.3 Å². The fraction of sp³-hybridized carbons (Fsp3) is 0.867. The summed E-state index contributed by atoms with van der Waals surface area (Å²) in [6.07, 6.45) is 7.15. The summed E-state index contributed by atoms with van der Waals surface area (Å²) in [7, 11) is 0. The predicted molar refractivity (Wildman–Crippen MR) is 92.5 cm³/mol. The van der Waals surface area contributed by atoms with E-state index in [1.165, 1.54) is 29.9 Å². The monoisotopic (exact) mass is 360 g/mol. The minimum Gasteiger partial charge on any atom is -0.465 e. The molecule has 0 aromatic carbocycles. The van der Waals surface area contributed by atoms with Gasteiger partial charge in [-0.15, -0.1) is 11.8 Å². The number of nitrogens with zero attached hydrogens (tertiary/aromatic N) is 1. The number of esters is 1. The molecule has 3 atom stereocenters. The maximum Gasteiger partial charge on any atom is 0.321 e. The van der Waals surface area contributed by atoms with Gasteiger partial charge in [0.15, 0.2) is 10.2 Å². The number of carbonyl (C=O) groups is 1. The van der Waals surface area contributed by atoms with E-state index in [0.717, 1.165) is 30.1 Å². The van der Waals surface area contributed by atoms with Crippen molar-refractivity contribution in [2.75, 3.05) is 19.5 Å². The number of nitrogens with one attached hydrogen (secondary N) is 1. The van der Waals surface area contributed by atoms with Crippen molar-refractivity contribution >= 4 is 33.9 Å². The lowest BCUT2D eigenvalue weighted by molar-refractivity contribution is -0.190. The first-order chi connectivity index (χ1) is 11.2. The first-order valence-electron chi connectivity index (χ1n) is 8.20. The lowest BCUT2D eigenvalue weighted by Gasteiger charge is -2.35. The van der Waals surface area contributed by atoms with Crippen LogP contribution in [0.4, 0.5) is 0 Å². The molecule has 2 fully saturated rings. The Kier molecular flexibility index (Phi) is 5.77. The van der Waals surface area contributed by atoms with Crippen LogP contribution in [0.5, 0.6) is 0 Å². The summed E-state index contributed by atoms with van der Waals surface area (Å²) >= 11 is 2.97. The molecule has 1 spiro atoms. The van der Waals surface area contributed by atoms with Gasteiger partial charge in [0, 0.05) is 12.8 Å². The third kappa shape index (κ3) is 3.81. The maximum absolute atomic E-state index is 12.4. The Hall–Kier alpha value is -0.440. The molecule has 8 heteroatoms. The van der Waals surface area contributed by atoms with Gasteiger partial charge in [0.2, 0.25) is 0 Å². The molecule has 6 nitrogen and oxygen atoms in total. The maximum atomic E-state index is 12.4.